The van der Waals surface area contributed by atoms with Crippen molar-refractivity contribution in [1.82, 2.24) is 14.9 Å². The Morgan fingerprint density at radius 1 is 1.29 bits per heavy atom. The van der Waals surface area contributed by atoms with Gasteiger partial charge in [-0.1, -0.05) is 0 Å². The molecule has 2 rings (SSSR count). The van der Waals surface area contributed by atoms with Crippen LogP contribution in [0.5, 0.6) is 0 Å². The van der Waals surface area contributed by atoms with Crippen LogP contribution in [0.3, 0.4) is 0 Å². The molecule has 1 aliphatic carbocycles. The van der Waals surface area contributed by atoms with Crippen molar-refractivity contribution in [2.45, 2.75) is 25.3 Å². The molecule has 2 fully saturated rings. The molecule has 1 heterocycles. The molecule has 1 saturated heterocycles. The maximum atomic E-state index is 11.7. The highest BCUT2D eigenvalue weighted by Gasteiger charge is 2.23. The zero-order valence-corrected chi connectivity index (χ0v) is 11.3. The number of nitrogens with one attached hydrogen (secondary N) is 2. The Hall–Kier alpha value is -0.170. The van der Waals surface area contributed by atoms with E-state index in [0.717, 1.165) is 19.5 Å². The van der Waals surface area contributed by atoms with Crippen molar-refractivity contribution >= 4 is 10.0 Å². The van der Waals surface area contributed by atoms with Crippen LogP contribution in [0.2, 0.25) is 0 Å². The van der Waals surface area contributed by atoms with Crippen LogP contribution >= 0.6 is 0 Å². The second kappa shape index (κ2) is 5.65. The van der Waals surface area contributed by atoms with Gasteiger partial charge in [0.2, 0.25) is 10.0 Å². The van der Waals surface area contributed by atoms with Crippen molar-refractivity contribution in [3.63, 3.8) is 0 Å². The summed E-state index contributed by atoms with van der Waals surface area (Å²) in [5.74, 6) is 0.678. The summed E-state index contributed by atoms with van der Waals surface area (Å²) in [7, 11) is -1.01. The van der Waals surface area contributed by atoms with Gasteiger partial charge in [-0.2, -0.15) is 0 Å². The zero-order chi connectivity index (χ0) is 12.3. The molecule has 1 saturated carbocycles. The Morgan fingerprint density at radius 3 is 2.65 bits per heavy atom. The highest BCUT2D eigenvalue weighted by Crippen LogP contribution is 2.18. The minimum Gasteiger partial charge on any atom is -0.313 e. The first-order valence-corrected chi connectivity index (χ1v) is 8.10. The van der Waals surface area contributed by atoms with Crippen LogP contribution in [-0.2, 0) is 10.0 Å². The molecule has 1 unspecified atom stereocenters. The van der Waals surface area contributed by atoms with E-state index in [1.165, 1.54) is 12.8 Å². The Labute approximate surface area is 104 Å². The largest absolute Gasteiger partial charge is 0.313 e. The summed E-state index contributed by atoms with van der Waals surface area (Å²) >= 11 is 0. The van der Waals surface area contributed by atoms with E-state index in [9.17, 15) is 8.42 Å². The van der Waals surface area contributed by atoms with Gasteiger partial charge < -0.3 is 10.2 Å². The van der Waals surface area contributed by atoms with Crippen LogP contribution in [0.25, 0.3) is 0 Å². The van der Waals surface area contributed by atoms with E-state index in [4.69, 9.17) is 0 Å². The summed E-state index contributed by atoms with van der Waals surface area (Å²) in [6.45, 7) is 3.25. The monoisotopic (exact) mass is 261 g/mol. The van der Waals surface area contributed by atoms with Crippen LogP contribution in [0.4, 0.5) is 0 Å². The Kier molecular flexibility index (Phi) is 4.41. The lowest BCUT2D eigenvalue weighted by molar-refractivity contribution is 0.394. The fraction of sp³-hybridized carbons (Fsp3) is 1.00. The number of hydrogen-bond acceptors (Lipinski definition) is 4. The van der Waals surface area contributed by atoms with Crippen LogP contribution in [-0.4, -0.2) is 58.3 Å². The number of likely N-dealkylation sites (tertiary alicyclic amines) is 1. The minimum atomic E-state index is -3.09. The topological polar surface area (TPSA) is 61.4 Å². The first-order chi connectivity index (χ1) is 8.05. The van der Waals surface area contributed by atoms with Crippen LogP contribution in [0, 0.1) is 5.92 Å². The normalized spacial score (nSPS) is 26.5. The Morgan fingerprint density at radius 2 is 2.06 bits per heavy atom. The molecule has 0 aromatic heterocycles. The van der Waals surface area contributed by atoms with Gasteiger partial charge in [0.15, 0.2) is 0 Å². The van der Waals surface area contributed by atoms with Gasteiger partial charge in [0.25, 0.3) is 0 Å². The van der Waals surface area contributed by atoms with E-state index >= 15 is 0 Å². The van der Waals surface area contributed by atoms with E-state index in [0.29, 0.717) is 25.0 Å². The van der Waals surface area contributed by atoms with Crippen LogP contribution in [0.15, 0.2) is 0 Å². The van der Waals surface area contributed by atoms with Crippen molar-refractivity contribution in [3.8, 4) is 0 Å². The van der Waals surface area contributed by atoms with Gasteiger partial charge in [-0.25, -0.2) is 13.1 Å². The van der Waals surface area contributed by atoms with Crippen molar-refractivity contribution in [3.05, 3.63) is 0 Å². The van der Waals surface area contributed by atoms with E-state index < -0.39 is 10.0 Å². The molecular formula is C11H23N3O2S. The second-order valence-electron chi connectivity index (χ2n) is 5.31. The maximum Gasteiger partial charge on any atom is 0.212 e. The molecule has 1 atom stereocenters. The van der Waals surface area contributed by atoms with Crippen molar-refractivity contribution in [2.24, 2.45) is 5.92 Å². The van der Waals surface area contributed by atoms with Crippen LogP contribution in [0.1, 0.15) is 19.3 Å². The fourth-order valence-corrected chi connectivity index (χ4v) is 3.22. The summed E-state index contributed by atoms with van der Waals surface area (Å²) in [5.41, 5.74) is 0. The van der Waals surface area contributed by atoms with Crippen molar-refractivity contribution in [2.75, 3.05) is 39.0 Å². The predicted octanol–water partition coefficient (Wildman–Crippen LogP) is -0.390. The summed E-state index contributed by atoms with van der Waals surface area (Å²) in [4.78, 5) is 2.24. The van der Waals surface area contributed by atoms with Crippen LogP contribution < -0.4 is 10.0 Å². The third kappa shape index (κ3) is 4.91. The number of nitrogens with zero attached hydrogens (tertiary/aromatic N) is 1. The highest BCUT2D eigenvalue weighted by atomic mass is 32.2. The van der Waals surface area contributed by atoms with Crippen molar-refractivity contribution < 1.29 is 8.42 Å². The van der Waals surface area contributed by atoms with Crippen molar-refractivity contribution in [1.29, 1.82) is 0 Å². The second-order valence-corrected chi connectivity index (χ2v) is 7.24. The minimum absolute atomic E-state index is 0.200. The van der Waals surface area contributed by atoms with E-state index in [2.05, 4.69) is 22.0 Å². The summed E-state index contributed by atoms with van der Waals surface area (Å²) in [5, 5.41) is 3.22. The fourth-order valence-electron chi connectivity index (χ4n) is 2.19. The standard InChI is InChI=1S/C11H23N3O2S/c1-14-6-4-10(9-14)8-13-17(15,16)7-5-12-11-2-3-11/h10-13H,2-9H2,1H3. The Bertz CT molecular complexity index is 341. The number of hydrogen-bond donors (Lipinski definition) is 2. The lowest BCUT2D eigenvalue weighted by Gasteiger charge is -2.12. The molecule has 17 heavy (non-hydrogen) atoms. The lowest BCUT2D eigenvalue weighted by atomic mass is 10.1. The smallest absolute Gasteiger partial charge is 0.212 e. The SMILES string of the molecule is CN1CCC(CNS(=O)(=O)CCNC2CC2)C1. The third-order valence-corrected chi connectivity index (χ3v) is 4.81. The quantitative estimate of drug-likeness (QED) is 0.655. The highest BCUT2D eigenvalue weighted by molar-refractivity contribution is 7.89. The molecule has 0 aromatic rings. The van der Waals surface area contributed by atoms with Gasteiger partial charge in [-0.05, 0) is 38.8 Å². The number of sulfonamides is 1. The lowest BCUT2D eigenvalue weighted by Crippen LogP contribution is -2.35. The summed E-state index contributed by atoms with van der Waals surface area (Å²) < 4.78 is 26.1. The van der Waals surface area contributed by atoms with E-state index in [1.807, 2.05) is 0 Å². The summed E-state index contributed by atoms with van der Waals surface area (Å²) in [6.07, 6.45) is 3.49. The average molecular weight is 261 g/mol. The molecule has 2 aliphatic rings. The molecule has 0 bridgehead atoms. The molecule has 0 aromatic carbocycles. The molecule has 2 N–H and O–H groups in total. The first kappa shape index (κ1) is 13.3. The average Bonchev–Trinajstić information content (AvgIpc) is 2.98. The predicted molar refractivity (Wildman–Crippen MR) is 68.4 cm³/mol. The number of rotatable bonds is 7. The maximum absolute atomic E-state index is 11.7. The molecule has 100 valence electrons. The molecule has 6 heteroatoms. The van der Waals surface area contributed by atoms with Gasteiger partial charge in [0, 0.05) is 25.7 Å². The van der Waals surface area contributed by atoms with Gasteiger partial charge in [0.05, 0.1) is 5.75 Å². The molecule has 0 amide bonds. The summed E-state index contributed by atoms with van der Waals surface area (Å²) in [6, 6.07) is 0.577. The molecule has 5 nitrogen and oxygen atoms in total. The van der Waals surface area contributed by atoms with E-state index in [-0.39, 0.29) is 5.75 Å². The third-order valence-electron chi connectivity index (χ3n) is 3.46. The van der Waals surface area contributed by atoms with E-state index in [1.54, 1.807) is 0 Å². The molecule has 0 radical (unpaired) electrons. The zero-order valence-electron chi connectivity index (χ0n) is 10.5. The molecule has 1 aliphatic heterocycles. The van der Waals surface area contributed by atoms with Gasteiger partial charge >= 0.3 is 0 Å². The molecule has 0 spiro atoms. The van der Waals surface area contributed by atoms with Gasteiger partial charge in [0.1, 0.15) is 0 Å². The molecular weight excluding hydrogens is 238 g/mol. The Balaban J connectivity index is 1.62. The first-order valence-electron chi connectivity index (χ1n) is 6.44. The van der Waals surface area contributed by atoms with Gasteiger partial charge in [-0.15, -0.1) is 0 Å². The van der Waals surface area contributed by atoms with Gasteiger partial charge in [-0.3, -0.25) is 0 Å².